The summed E-state index contributed by atoms with van der Waals surface area (Å²) in [6, 6.07) is 6.10. The summed E-state index contributed by atoms with van der Waals surface area (Å²) in [5.41, 5.74) is 2.08. The maximum atomic E-state index is 4.74. The quantitative estimate of drug-likeness (QED) is 0.680. The first kappa shape index (κ1) is 14.8. The Balaban J connectivity index is 2.02. The molecule has 1 aromatic heterocycles. The van der Waals surface area contributed by atoms with Gasteiger partial charge in [0.05, 0.1) is 12.2 Å². The minimum Gasteiger partial charge on any atom is -0.357 e. The van der Waals surface area contributed by atoms with E-state index in [1.165, 1.54) is 12.8 Å². The van der Waals surface area contributed by atoms with Crippen molar-refractivity contribution in [3.8, 4) is 0 Å². The minimum absolute atomic E-state index is 0.649. The van der Waals surface area contributed by atoms with Crippen LogP contribution in [0.4, 0.5) is 0 Å². The number of nitrogens with one attached hydrogen (secondary N) is 1. The van der Waals surface area contributed by atoms with E-state index in [4.69, 9.17) is 4.99 Å². The largest absolute Gasteiger partial charge is 0.357 e. The lowest BCUT2D eigenvalue weighted by Crippen LogP contribution is -2.45. The van der Waals surface area contributed by atoms with Crippen LogP contribution in [0.5, 0.6) is 0 Å². The van der Waals surface area contributed by atoms with Crippen molar-refractivity contribution in [1.82, 2.24) is 15.2 Å². The van der Waals surface area contributed by atoms with Crippen LogP contribution in [0, 0.1) is 12.8 Å². The minimum atomic E-state index is 0.649. The smallest absolute Gasteiger partial charge is 0.194 e. The van der Waals surface area contributed by atoms with E-state index in [0.717, 1.165) is 42.9 Å². The summed E-state index contributed by atoms with van der Waals surface area (Å²) in [6.07, 6.45) is 2.51. The molecule has 1 fully saturated rings. The first-order chi connectivity index (χ1) is 9.69. The summed E-state index contributed by atoms with van der Waals surface area (Å²) >= 11 is 0. The summed E-state index contributed by atoms with van der Waals surface area (Å²) in [6.45, 7) is 10.2. The Morgan fingerprint density at radius 1 is 1.40 bits per heavy atom. The zero-order valence-corrected chi connectivity index (χ0v) is 12.9. The van der Waals surface area contributed by atoms with Gasteiger partial charge in [0.25, 0.3) is 0 Å². The number of likely N-dealkylation sites (tertiary alicyclic amines) is 1. The lowest BCUT2D eigenvalue weighted by molar-refractivity contribution is 0.273. The first-order valence-electron chi connectivity index (χ1n) is 7.65. The number of nitrogens with zero attached hydrogens (tertiary/aromatic N) is 3. The highest BCUT2D eigenvalue weighted by Gasteiger charge is 2.18. The fourth-order valence-electron chi connectivity index (χ4n) is 2.49. The standard InChI is InChI=1S/C16H26N4/c1-4-17-16(20-10-8-13(2)9-11-20)18-12-15-7-5-6-14(3)19-15/h5-7,13H,4,8-12H2,1-3H3,(H,17,18). The number of guanidine groups is 1. The van der Waals surface area contributed by atoms with Gasteiger partial charge < -0.3 is 10.2 Å². The molecular weight excluding hydrogens is 248 g/mol. The number of hydrogen-bond acceptors (Lipinski definition) is 2. The lowest BCUT2D eigenvalue weighted by Gasteiger charge is -2.32. The van der Waals surface area contributed by atoms with Crippen LogP contribution >= 0.6 is 0 Å². The van der Waals surface area contributed by atoms with Gasteiger partial charge in [-0.2, -0.15) is 0 Å². The Morgan fingerprint density at radius 3 is 2.80 bits per heavy atom. The topological polar surface area (TPSA) is 40.5 Å². The zero-order valence-electron chi connectivity index (χ0n) is 12.9. The molecule has 4 heteroatoms. The fourth-order valence-corrected chi connectivity index (χ4v) is 2.49. The van der Waals surface area contributed by atoms with Crippen LogP contribution in [0.3, 0.4) is 0 Å². The molecule has 0 aromatic carbocycles. The van der Waals surface area contributed by atoms with Gasteiger partial charge in [0.2, 0.25) is 0 Å². The molecule has 2 rings (SSSR count). The van der Waals surface area contributed by atoms with Gasteiger partial charge in [-0.3, -0.25) is 4.98 Å². The van der Waals surface area contributed by atoms with E-state index in [1.54, 1.807) is 0 Å². The Morgan fingerprint density at radius 2 is 2.15 bits per heavy atom. The molecule has 110 valence electrons. The number of aromatic nitrogens is 1. The number of aliphatic imine (C=N–C) groups is 1. The monoisotopic (exact) mass is 274 g/mol. The van der Waals surface area contributed by atoms with Crippen LogP contribution < -0.4 is 5.32 Å². The Labute approximate surface area is 122 Å². The maximum Gasteiger partial charge on any atom is 0.194 e. The molecular formula is C16H26N4. The van der Waals surface area contributed by atoms with Gasteiger partial charge in [-0.25, -0.2) is 4.99 Å². The zero-order chi connectivity index (χ0) is 14.4. The molecule has 0 radical (unpaired) electrons. The van der Waals surface area contributed by atoms with E-state index in [2.05, 4.69) is 29.0 Å². The van der Waals surface area contributed by atoms with Gasteiger partial charge >= 0.3 is 0 Å². The van der Waals surface area contributed by atoms with Crippen LogP contribution in [-0.2, 0) is 6.54 Å². The molecule has 1 saturated heterocycles. The van der Waals surface area contributed by atoms with Crippen molar-refractivity contribution in [2.24, 2.45) is 10.9 Å². The van der Waals surface area contributed by atoms with E-state index >= 15 is 0 Å². The summed E-state index contributed by atoms with van der Waals surface area (Å²) < 4.78 is 0. The van der Waals surface area contributed by atoms with Crippen molar-refractivity contribution >= 4 is 5.96 Å². The van der Waals surface area contributed by atoms with Crippen LogP contribution in [-0.4, -0.2) is 35.5 Å². The van der Waals surface area contributed by atoms with Gasteiger partial charge in [0, 0.05) is 25.3 Å². The molecule has 0 amide bonds. The molecule has 1 N–H and O–H groups in total. The maximum absolute atomic E-state index is 4.74. The summed E-state index contributed by atoms with van der Waals surface area (Å²) in [5, 5.41) is 3.40. The fraction of sp³-hybridized carbons (Fsp3) is 0.625. The van der Waals surface area contributed by atoms with E-state index in [0.29, 0.717) is 6.54 Å². The third-order valence-electron chi connectivity index (χ3n) is 3.75. The molecule has 0 aliphatic carbocycles. The second-order valence-electron chi connectivity index (χ2n) is 5.61. The Hall–Kier alpha value is -1.58. The highest BCUT2D eigenvalue weighted by atomic mass is 15.3. The third kappa shape index (κ3) is 4.22. The van der Waals surface area contributed by atoms with E-state index in [-0.39, 0.29) is 0 Å². The van der Waals surface area contributed by atoms with Crippen molar-refractivity contribution in [3.63, 3.8) is 0 Å². The van der Waals surface area contributed by atoms with Crippen LogP contribution in [0.15, 0.2) is 23.2 Å². The third-order valence-corrected chi connectivity index (χ3v) is 3.75. The van der Waals surface area contributed by atoms with Crippen LogP contribution in [0.25, 0.3) is 0 Å². The predicted octanol–water partition coefficient (Wildman–Crippen LogP) is 2.59. The normalized spacial score (nSPS) is 17.4. The molecule has 4 nitrogen and oxygen atoms in total. The number of piperidine rings is 1. The Kier molecular flexibility index (Phi) is 5.39. The molecule has 0 spiro atoms. The van der Waals surface area contributed by atoms with Gasteiger partial charge in [-0.1, -0.05) is 13.0 Å². The van der Waals surface area contributed by atoms with Crippen molar-refractivity contribution in [3.05, 3.63) is 29.6 Å². The summed E-state index contributed by atoms with van der Waals surface area (Å²) in [7, 11) is 0. The average Bonchev–Trinajstić information content (AvgIpc) is 2.44. The molecule has 0 unspecified atom stereocenters. The van der Waals surface area contributed by atoms with Crippen LogP contribution in [0.1, 0.15) is 38.1 Å². The lowest BCUT2D eigenvalue weighted by atomic mass is 10.00. The van der Waals surface area contributed by atoms with Crippen molar-refractivity contribution in [2.75, 3.05) is 19.6 Å². The molecule has 1 aliphatic rings. The molecule has 0 atom stereocenters. The van der Waals surface area contributed by atoms with Gasteiger partial charge in [-0.15, -0.1) is 0 Å². The molecule has 20 heavy (non-hydrogen) atoms. The van der Waals surface area contributed by atoms with E-state index < -0.39 is 0 Å². The highest BCUT2D eigenvalue weighted by Crippen LogP contribution is 2.16. The molecule has 1 aromatic rings. The number of hydrogen-bond donors (Lipinski definition) is 1. The molecule has 1 aliphatic heterocycles. The highest BCUT2D eigenvalue weighted by molar-refractivity contribution is 5.80. The molecule has 0 bridgehead atoms. The summed E-state index contributed by atoms with van der Waals surface area (Å²) in [5.74, 6) is 1.87. The first-order valence-corrected chi connectivity index (χ1v) is 7.65. The molecule has 0 saturated carbocycles. The van der Waals surface area contributed by atoms with Gasteiger partial charge in [-0.05, 0) is 44.7 Å². The Bertz CT molecular complexity index is 448. The van der Waals surface area contributed by atoms with Crippen molar-refractivity contribution < 1.29 is 0 Å². The second kappa shape index (κ2) is 7.27. The number of pyridine rings is 1. The van der Waals surface area contributed by atoms with E-state index in [9.17, 15) is 0 Å². The van der Waals surface area contributed by atoms with E-state index in [1.807, 2.05) is 25.1 Å². The van der Waals surface area contributed by atoms with Crippen molar-refractivity contribution in [2.45, 2.75) is 40.2 Å². The summed E-state index contributed by atoms with van der Waals surface area (Å²) in [4.78, 5) is 11.6. The second-order valence-corrected chi connectivity index (χ2v) is 5.61. The SMILES string of the molecule is CCNC(=NCc1cccc(C)n1)N1CCC(C)CC1. The predicted molar refractivity (Wildman–Crippen MR) is 83.8 cm³/mol. The average molecular weight is 274 g/mol. The van der Waals surface area contributed by atoms with Gasteiger partial charge in [0.1, 0.15) is 0 Å². The van der Waals surface area contributed by atoms with Gasteiger partial charge in [0.15, 0.2) is 5.96 Å². The van der Waals surface area contributed by atoms with Crippen molar-refractivity contribution in [1.29, 1.82) is 0 Å². The molecule has 2 heterocycles. The number of aryl methyl sites for hydroxylation is 1. The van der Waals surface area contributed by atoms with Crippen LogP contribution in [0.2, 0.25) is 0 Å². The number of rotatable bonds is 3.